The maximum Gasteiger partial charge on any atom is 0.0628 e. The van der Waals surface area contributed by atoms with E-state index in [2.05, 4.69) is 31.0 Å². The Bertz CT molecular complexity index is 265. The van der Waals surface area contributed by atoms with Gasteiger partial charge in [0.05, 0.1) is 12.1 Å². The van der Waals surface area contributed by atoms with E-state index in [1.165, 1.54) is 38.8 Å². The summed E-state index contributed by atoms with van der Waals surface area (Å²) in [5, 5.41) is 13.6. The smallest absolute Gasteiger partial charge is 0.0628 e. The van der Waals surface area contributed by atoms with E-state index >= 15 is 0 Å². The summed E-state index contributed by atoms with van der Waals surface area (Å²) in [6, 6.07) is 0.447. The van der Waals surface area contributed by atoms with Crippen molar-refractivity contribution < 1.29 is 5.11 Å². The molecule has 2 rings (SSSR count). The normalized spacial score (nSPS) is 28.8. The van der Waals surface area contributed by atoms with Crippen molar-refractivity contribution in [2.24, 2.45) is 11.8 Å². The number of nitrogens with one attached hydrogen (secondary N) is 1. The highest BCUT2D eigenvalue weighted by Gasteiger charge is 2.46. The van der Waals surface area contributed by atoms with Crippen LogP contribution in [0.5, 0.6) is 0 Å². The fourth-order valence-electron chi connectivity index (χ4n) is 3.52. The standard InChI is InChI=1S/C15H30N2O/c1-4-13-7-8-17(9-13)10-15(11-18,14-5-6-14)16-12(2)3/h12-14,16,18H,4-11H2,1-3H3. The summed E-state index contributed by atoms with van der Waals surface area (Å²) in [7, 11) is 0. The molecule has 0 aromatic carbocycles. The summed E-state index contributed by atoms with van der Waals surface area (Å²) in [5.41, 5.74) is -0.0448. The van der Waals surface area contributed by atoms with Crippen molar-refractivity contribution in [2.75, 3.05) is 26.2 Å². The van der Waals surface area contributed by atoms with Gasteiger partial charge in [0.1, 0.15) is 0 Å². The Morgan fingerprint density at radius 1 is 1.33 bits per heavy atom. The largest absolute Gasteiger partial charge is 0.394 e. The summed E-state index contributed by atoms with van der Waals surface area (Å²) >= 11 is 0. The van der Waals surface area contributed by atoms with Gasteiger partial charge in [0.2, 0.25) is 0 Å². The number of aliphatic hydroxyl groups excluding tert-OH is 1. The van der Waals surface area contributed by atoms with Crippen LogP contribution in [-0.4, -0.2) is 47.8 Å². The molecule has 0 amide bonds. The van der Waals surface area contributed by atoms with Crippen molar-refractivity contribution in [2.45, 2.75) is 58.0 Å². The van der Waals surface area contributed by atoms with Gasteiger partial charge < -0.3 is 15.3 Å². The van der Waals surface area contributed by atoms with Gasteiger partial charge >= 0.3 is 0 Å². The minimum absolute atomic E-state index is 0.0448. The van der Waals surface area contributed by atoms with E-state index in [0.29, 0.717) is 12.0 Å². The van der Waals surface area contributed by atoms with Crippen LogP contribution >= 0.6 is 0 Å². The number of rotatable bonds is 7. The highest BCUT2D eigenvalue weighted by atomic mass is 16.3. The molecule has 1 heterocycles. The lowest BCUT2D eigenvalue weighted by Crippen LogP contribution is -2.59. The molecule has 0 aromatic rings. The van der Waals surface area contributed by atoms with Crippen LogP contribution in [0.3, 0.4) is 0 Å². The van der Waals surface area contributed by atoms with Gasteiger partial charge in [0, 0.05) is 19.1 Å². The molecule has 0 aromatic heterocycles. The second kappa shape index (κ2) is 5.89. The van der Waals surface area contributed by atoms with E-state index in [-0.39, 0.29) is 12.1 Å². The molecule has 0 spiro atoms. The molecule has 0 radical (unpaired) electrons. The average Bonchev–Trinajstić information content (AvgIpc) is 3.10. The molecule has 1 saturated heterocycles. The summed E-state index contributed by atoms with van der Waals surface area (Å²) < 4.78 is 0. The zero-order valence-corrected chi connectivity index (χ0v) is 12.3. The number of hydrogen-bond donors (Lipinski definition) is 2. The molecule has 2 fully saturated rings. The first-order chi connectivity index (χ1) is 8.59. The fourth-order valence-corrected chi connectivity index (χ4v) is 3.52. The Balaban J connectivity index is 1.96. The molecule has 3 heteroatoms. The van der Waals surface area contributed by atoms with E-state index in [1.54, 1.807) is 0 Å². The predicted molar refractivity (Wildman–Crippen MR) is 75.7 cm³/mol. The third kappa shape index (κ3) is 3.25. The first-order valence-electron chi connectivity index (χ1n) is 7.70. The maximum absolute atomic E-state index is 9.93. The van der Waals surface area contributed by atoms with Crippen LogP contribution in [0.1, 0.15) is 46.5 Å². The first kappa shape index (κ1) is 14.3. The van der Waals surface area contributed by atoms with Gasteiger partial charge in [-0.3, -0.25) is 0 Å². The van der Waals surface area contributed by atoms with Crippen LogP contribution in [0.4, 0.5) is 0 Å². The Labute approximate surface area is 112 Å². The van der Waals surface area contributed by atoms with E-state index in [9.17, 15) is 5.11 Å². The number of nitrogens with zero attached hydrogens (tertiary/aromatic N) is 1. The van der Waals surface area contributed by atoms with Gasteiger partial charge in [0.15, 0.2) is 0 Å². The van der Waals surface area contributed by atoms with Crippen LogP contribution in [0.25, 0.3) is 0 Å². The van der Waals surface area contributed by atoms with Crippen LogP contribution in [0.2, 0.25) is 0 Å². The molecule has 2 aliphatic rings. The summed E-state index contributed by atoms with van der Waals surface area (Å²) in [6.07, 6.45) is 5.20. The van der Waals surface area contributed by atoms with Crippen molar-refractivity contribution in [3.05, 3.63) is 0 Å². The lowest BCUT2D eigenvalue weighted by Gasteiger charge is -2.39. The van der Waals surface area contributed by atoms with E-state index in [0.717, 1.165) is 12.5 Å². The molecule has 2 N–H and O–H groups in total. The van der Waals surface area contributed by atoms with Crippen molar-refractivity contribution in [3.63, 3.8) is 0 Å². The first-order valence-corrected chi connectivity index (χ1v) is 7.70. The van der Waals surface area contributed by atoms with Crippen LogP contribution < -0.4 is 5.32 Å². The lowest BCUT2D eigenvalue weighted by molar-refractivity contribution is 0.0912. The molecule has 2 unspecified atom stereocenters. The zero-order chi connectivity index (χ0) is 13.2. The molecule has 1 saturated carbocycles. The summed E-state index contributed by atoms with van der Waals surface area (Å²) in [4.78, 5) is 2.57. The van der Waals surface area contributed by atoms with Crippen molar-refractivity contribution in [1.29, 1.82) is 0 Å². The van der Waals surface area contributed by atoms with Crippen molar-refractivity contribution >= 4 is 0 Å². The molecule has 2 atom stereocenters. The molecule has 1 aliphatic heterocycles. The summed E-state index contributed by atoms with van der Waals surface area (Å²) in [6.45, 7) is 10.4. The Morgan fingerprint density at radius 2 is 2.06 bits per heavy atom. The topological polar surface area (TPSA) is 35.5 Å². The van der Waals surface area contributed by atoms with Gasteiger partial charge in [0.25, 0.3) is 0 Å². The SMILES string of the molecule is CCC1CCN(CC(CO)(NC(C)C)C2CC2)C1. The Kier molecular flexibility index (Phi) is 4.68. The Morgan fingerprint density at radius 3 is 2.50 bits per heavy atom. The highest BCUT2D eigenvalue weighted by molar-refractivity contribution is 5.04. The van der Waals surface area contributed by atoms with E-state index < -0.39 is 0 Å². The second-order valence-electron chi connectivity index (χ2n) is 6.69. The minimum Gasteiger partial charge on any atom is -0.394 e. The number of aliphatic hydroxyl groups is 1. The molecular weight excluding hydrogens is 224 g/mol. The van der Waals surface area contributed by atoms with Gasteiger partial charge in [-0.15, -0.1) is 0 Å². The molecule has 0 bridgehead atoms. The highest BCUT2D eigenvalue weighted by Crippen LogP contribution is 2.41. The van der Waals surface area contributed by atoms with E-state index in [4.69, 9.17) is 0 Å². The summed E-state index contributed by atoms with van der Waals surface area (Å²) in [5.74, 6) is 1.56. The fraction of sp³-hybridized carbons (Fsp3) is 1.00. The second-order valence-corrected chi connectivity index (χ2v) is 6.69. The van der Waals surface area contributed by atoms with Crippen LogP contribution in [0, 0.1) is 11.8 Å². The quantitative estimate of drug-likeness (QED) is 0.728. The van der Waals surface area contributed by atoms with Crippen molar-refractivity contribution in [1.82, 2.24) is 10.2 Å². The monoisotopic (exact) mass is 254 g/mol. The lowest BCUT2D eigenvalue weighted by atomic mass is 9.92. The third-order valence-corrected chi connectivity index (χ3v) is 4.67. The molecule has 106 valence electrons. The Hall–Kier alpha value is -0.120. The number of hydrogen-bond acceptors (Lipinski definition) is 3. The van der Waals surface area contributed by atoms with Gasteiger partial charge in [-0.2, -0.15) is 0 Å². The third-order valence-electron chi connectivity index (χ3n) is 4.67. The molecule has 3 nitrogen and oxygen atoms in total. The van der Waals surface area contributed by atoms with Gasteiger partial charge in [-0.25, -0.2) is 0 Å². The van der Waals surface area contributed by atoms with Gasteiger partial charge in [-0.1, -0.05) is 27.2 Å². The molecular formula is C15H30N2O. The minimum atomic E-state index is -0.0448. The van der Waals surface area contributed by atoms with Crippen molar-refractivity contribution in [3.8, 4) is 0 Å². The molecule has 18 heavy (non-hydrogen) atoms. The predicted octanol–water partition coefficient (Wildman–Crippen LogP) is 1.86. The van der Waals surface area contributed by atoms with Crippen LogP contribution in [-0.2, 0) is 0 Å². The maximum atomic E-state index is 9.93. The molecule has 1 aliphatic carbocycles. The van der Waals surface area contributed by atoms with Gasteiger partial charge in [-0.05, 0) is 37.6 Å². The zero-order valence-electron chi connectivity index (χ0n) is 12.3. The van der Waals surface area contributed by atoms with Crippen LogP contribution in [0.15, 0.2) is 0 Å². The average molecular weight is 254 g/mol. The number of likely N-dealkylation sites (tertiary alicyclic amines) is 1. The van der Waals surface area contributed by atoms with E-state index in [1.807, 2.05) is 0 Å².